The average Bonchev–Trinajstić information content (AvgIpc) is 3.67. The molecule has 4 heteroatoms. The summed E-state index contributed by atoms with van der Waals surface area (Å²) in [5.41, 5.74) is 11.7. The number of aromatic nitrogens is 3. The number of furan rings is 1. The quantitative estimate of drug-likeness (QED) is 0.192. The molecule has 2 heterocycles. The van der Waals surface area contributed by atoms with Crippen LogP contribution in [0.25, 0.3) is 89.1 Å². The zero-order valence-corrected chi connectivity index (χ0v) is 27.7. The van der Waals surface area contributed by atoms with Crippen LogP contribution >= 0.6 is 0 Å². The van der Waals surface area contributed by atoms with E-state index in [-0.39, 0.29) is 5.41 Å². The van der Waals surface area contributed by atoms with Gasteiger partial charge in [-0.2, -0.15) is 0 Å². The molecule has 0 amide bonds. The number of hydrogen-bond donors (Lipinski definition) is 0. The molecule has 1 aliphatic rings. The lowest BCUT2D eigenvalue weighted by Crippen LogP contribution is -2.14. The highest BCUT2D eigenvalue weighted by molar-refractivity contribution is 6.11. The Balaban J connectivity index is 1.18. The van der Waals surface area contributed by atoms with Crippen LogP contribution in [0, 0.1) is 0 Å². The number of benzene rings is 7. The molecule has 0 fully saturated rings. The molecule has 10 rings (SSSR count). The molecule has 0 radical (unpaired) electrons. The van der Waals surface area contributed by atoms with E-state index in [9.17, 15) is 0 Å². The second-order valence-electron chi connectivity index (χ2n) is 13.6. The standard InChI is InChI=1S/C46H31N3O/c1-46(2)37-17-7-5-13-33(37)41-35(15-9-18-38(41)46)44-47-43(30-24-21-29(22-25-30)32-26-23-28-11-3-4-12-31(28)27-32)48-45(49-44)36-16-10-20-40-42(36)34-14-6-8-19-39(34)50-40/h3-27H,1-2H3. The molecule has 0 aliphatic heterocycles. The highest BCUT2D eigenvalue weighted by atomic mass is 16.3. The summed E-state index contributed by atoms with van der Waals surface area (Å²) in [4.78, 5) is 15.7. The molecule has 0 saturated heterocycles. The van der Waals surface area contributed by atoms with Gasteiger partial charge in [-0.25, -0.2) is 15.0 Å². The van der Waals surface area contributed by atoms with Gasteiger partial charge in [0.1, 0.15) is 11.2 Å². The predicted molar refractivity (Wildman–Crippen MR) is 204 cm³/mol. The predicted octanol–water partition coefficient (Wildman–Crippen LogP) is 11.9. The van der Waals surface area contributed by atoms with E-state index in [1.165, 1.54) is 38.6 Å². The van der Waals surface area contributed by atoms with Crippen LogP contribution in [-0.2, 0) is 5.41 Å². The van der Waals surface area contributed by atoms with Crippen molar-refractivity contribution in [3.63, 3.8) is 0 Å². The number of para-hydroxylation sites is 1. The topological polar surface area (TPSA) is 51.8 Å². The van der Waals surface area contributed by atoms with Gasteiger partial charge in [-0.1, -0.05) is 147 Å². The highest BCUT2D eigenvalue weighted by Crippen LogP contribution is 2.51. The molecule has 4 nitrogen and oxygen atoms in total. The van der Waals surface area contributed by atoms with Crippen molar-refractivity contribution in [2.45, 2.75) is 19.3 Å². The maximum atomic E-state index is 6.28. The molecule has 0 unspecified atom stereocenters. The lowest BCUT2D eigenvalue weighted by Gasteiger charge is -2.21. The van der Waals surface area contributed by atoms with E-state index < -0.39 is 0 Å². The average molecular weight is 642 g/mol. The van der Waals surface area contributed by atoms with Crippen molar-refractivity contribution in [3.8, 4) is 56.4 Å². The Hall–Kier alpha value is -6.39. The van der Waals surface area contributed by atoms with Crippen LogP contribution < -0.4 is 0 Å². The largest absolute Gasteiger partial charge is 0.456 e. The van der Waals surface area contributed by atoms with Gasteiger partial charge in [-0.15, -0.1) is 0 Å². The van der Waals surface area contributed by atoms with Crippen LogP contribution in [0.3, 0.4) is 0 Å². The van der Waals surface area contributed by atoms with Crippen LogP contribution in [0.4, 0.5) is 0 Å². The van der Waals surface area contributed by atoms with Crippen molar-refractivity contribution in [2.75, 3.05) is 0 Å². The summed E-state index contributed by atoms with van der Waals surface area (Å²) < 4.78 is 6.28. The Labute approximate surface area is 289 Å². The molecule has 9 aromatic rings. The second-order valence-corrected chi connectivity index (χ2v) is 13.6. The fourth-order valence-electron chi connectivity index (χ4n) is 7.83. The van der Waals surface area contributed by atoms with Gasteiger partial charge in [-0.3, -0.25) is 0 Å². The van der Waals surface area contributed by atoms with Gasteiger partial charge in [0.2, 0.25) is 0 Å². The first-order valence-corrected chi connectivity index (χ1v) is 17.0. The minimum Gasteiger partial charge on any atom is -0.456 e. The third kappa shape index (κ3) is 4.35. The maximum Gasteiger partial charge on any atom is 0.164 e. The molecule has 0 N–H and O–H groups in total. The van der Waals surface area contributed by atoms with Crippen LogP contribution in [-0.4, -0.2) is 15.0 Å². The normalized spacial score (nSPS) is 13.2. The molecule has 1 aliphatic carbocycles. The smallest absolute Gasteiger partial charge is 0.164 e. The van der Waals surface area contributed by atoms with Crippen molar-refractivity contribution in [2.24, 2.45) is 0 Å². The Morgan fingerprint density at radius 2 is 1.04 bits per heavy atom. The van der Waals surface area contributed by atoms with E-state index in [0.29, 0.717) is 17.5 Å². The van der Waals surface area contributed by atoms with E-state index in [4.69, 9.17) is 19.4 Å². The summed E-state index contributed by atoms with van der Waals surface area (Å²) in [5.74, 6) is 1.89. The Morgan fingerprint density at radius 3 is 1.92 bits per heavy atom. The van der Waals surface area contributed by atoms with Gasteiger partial charge in [0.15, 0.2) is 17.5 Å². The van der Waals surface area contributed by atoms with Crippen molar-refractivity contribution < 1.29 is 4.42 Å². The Bertz CT molecular complexity index is 2790. The number of hydrogen-bond acceptors (Lipinski definition) is 4. The minimum atomic E-state index is -0.138. The van der Waals surface area contributed by atoms with Gasteiger partial charge in [0.05, 0.1) is 0 Å². The summed E-state index contributed by atoms with van der Waals surface area (Å²) in [6.07, 6.45) is 0. The fourth-order valence-corrected chi connectivity index (χ4v) is 7.83. The first-order chi connectivity index (χ1) is 24.5. The third-order valence-electron chi connectivity index (χ3n) is 10.4. The van der Waals surface area contributed by atoms with Crippen molar-refractivity contribution >= 4 is 32.7 Å². The monoisotopic (exact) mass is 641 g/mol. The molecule has 0 atom stereocenters. The van der Waals surface area contributed by atoms with Crippen molar-refractivity contribution in [3.05, 3.63) is 163 Å². The molecular weight excluding hydrogens is 611 g/mol. The van der Waals surface area contributed by atoms with E-state index >= 15 is 0 Å². The third-order valence-corrected chi connectivity index (χ3v) is 10.4. The number of rotatable bonds is 4. The first-order valence-electron chi connectivity index (χ1n) is 17.0. The summed E-state index contributed by atoms with van der Waals surface area (Å²) in [6, 6.07) is 53.1. The van der Waals surface area contributed by atoms with Crippen molar-refractivity contribution in [1.82, 2.24) is 15.0 Å². The summed E-state index contributed by atoms with van der Waals surface area (Å²) in [5, 5.41) is 4.50. The van der Waals surface area contributed by atoms with Gasteiger partial charge < -0.3 is 4.42 Å². The van der Waals surface area contributed by atoms with Gasteiger partial charge in [-0.05, 0) is 62.4 Å². The van der Waals surface area contributed by atoms with E-state index in [1.54, 1.807) is 0 Å². The molecule has 0 saturated carbocycles. The number of fused-ring (bicyclic) bond motifs is 7. The van der Waals surface area contributed by atoms with Gasteiger partial charge >= 0.3 is 0 Å². The van der Waals surface area contributed by atoms with Crippen LogP contribution in [0.1, 0.15) is 25.0 Å². The fraction of sp³-hybridized carbons (Fsp3) is 0.0652. The van der Waals surface area contributed by atoms with E-state index in [0.717, 1.165) is 44.2 Å². The molecule has 7 aromatic carbocycles. The molecular formula is C46H31N3O. The van der Waals surface area contributed by atoms with Gasteiger partial charge in [0.25, 0.3) is 0 Å². The minimum absolute atomic E-state index is 0.138. The Kier molecular flexibility index (Phi) is 6.19. The Morgan fingerprint density at radius 1 is 0.440 bits per heavy atom. The summed E-state index contributed by atoms with van der Waals surface area (Å²) >= 11 is 0. The summed E-state index contributed by atoms with van der Waals surface area (Å²) in [7, 11) is 0. The van der Waals surface area contributed by atoms with Crippen LogP contribution in [0.2, 0.25) is 0 Å². The van der Waals surface area contributed by atoms with Crippen LogP contribution in [0.5, 0.6) is 0 Å². The molecule has 0 spiro atoms. The SMILES string of the molecule is CC1(C)c2ccccc2-c2c(-c3nc(-c4ccc(-c5ccc6ccccc6c5)cc4)nc(-c4cccc5oc6ccccc6c45)n3)cccc21. The van der Waals surface area contributed by atoms with Gasteiger partial charge in [0, 0.05) is 32.9 Å². The highest BCUT2D eigenvalue weighted by Gasteiger charge is 2.37. The molecule has 2 aromatic heterocycles. The second kappa shape index (κ2) is 10.8. The van der Waals surface area contributed by atoms with E-state index in [2.05, 4.69) is 135 Å². The van der Waals surface area contributed by atoms with Crippen molar-refractivity contribution in [1.29, 1.82) is 0 Å². The first kappa shape index (κ1) is 28.6. The zero-order valence-electron chi connectivity index (χ0n) is 27.7. The zero-order chi connectivity index (χ0) is 33.4. The summed E-state index contributed by atoms with van der Waals surface area (Å²) in [6.45, 7) is 4.60. The lowest BCUT2D eigenvalue weighted by atomic mass is 9.82. The molecule has 0 bridgehead atoms. The lowest BCUT2D eigenvalue weighted by molar-refractivity contribution is 0.660. The van der Waals surface area contributed by atoms with E-state index in [1.807, 2.05) is 30.3 Å². The van der Waals surface area contributed by atoms with Crippen LogP contribution in [0.15, 0.2) is 156 Å². The molecule has 50 heavy (non-hydrogen) atoms. The maximum absolute atomic E-state index is 6.28. The number of nitrogens with zero attached hydrogens (tertiary/aromatic N) is 3. The molecule has 236 valence electrons.